The highest BCUT2D eigenvalue weighted by Gasteiger charge is 2.19. The molecule has 0 saturated heterocycles. The first-order valence-corrected chi connectivity index (χ1v) is 4.15. The van der Waals surface area contributed by atoms with Crippen molar-refractivity contribution < 1.29 is 13.6 Å². The molecular formula is C10H8F2O. The molecule has 0 heterocycles. The largest absolute Gasteiger partial charge is 0.299 e. The van der Waals surface area contributed by atoms with E-state index in [1.54, 1.807) is 0 Å². The van der Waals surface area contributed by atoms with Crippen LogP contribution < -0.4 is 0 Å². The molecule has 0 unspecified atom stereocenters. The van der Waals surface area contributed by atoms with Crippen LogP contribution in [-0.2, 0) is 17.6 Å². The zero-order valence-corrected chi connectivity index (χ0v) is 6.94. The summed E-state index contributed by atoms with van der Waals surface area (Å²) in [5, 5.41) is 0. The predicted molar refractivity (Wildman–Crippen MR) is 43.4 cm³/mol. The Hall–Kier alpha value is -1.25. The summed E-state index contributed by atoms with van der Waals surface area (Å²) in [7, 11) is 0. The second-order valence-corrected chi connectivity index (χ2v) is 3.24. The lowest BCUT2D eigenvalue weighted by Gasteiger charge is -2.15. The second-order valence-electron chi connectivity index (χ2n) is 3.24. The van der Waals surface area contributed by atoms with Crippen LogP contribution in [0.3, 0.4) is 0 Å². The molecule has 13 heavy (non-hydrogen) atoms. The Morgan fingerprint density at radius 1 is 1.15 bits per heavy atom. The third kappa shape index (κ3) is 1.46. The summed E-state index contributed by atoms with van der Waals surface area (Å²) in [5.74, 6) is -1.08. The van der Waals surface area contributed by atoms with Gasteiger partial charge in [0.2, 0.25) is 0 Å². The molecule has 0 spiro atoms. The van der Waals surface area contributed by atoms with Gasteiger partial charge in [-0.2, -0.15) is 0 Å². The maximum atomic E-state index is 13.1. The number of ketones is 1. The van der Waals surface area contributed by atoms with Crippen molar-refractivity contribution in [2.24, 2.45) is 0 Å². The number of Topliss-reactive ketones (excluding diaryl/α,β-unsaturated/α-hetero) is 1. The molecule has 3 heteroatoms. The maximum absolute atomic E-state index is 13.1. The van der Waals surface area contributed by atoms with Crippen molar-refractivity contribution in [3.05, 3.63) is 34.9 Å². The van der Waals surface area contributed by atoms with Crippen LogP contribution in [0.1, 0.15) is 17.5 Å². The van der Waals surface area contributed by atoms with Crippen molar-refractivity contribution in [1.29, 1.82) is 0 Å². The summed E-state index contributed by atoms with van der Waals surface area (Å²) < 4.78 is 25.8. The van der Waals surface area contributed by atoms with Crippen LogP contribution >= 0.6 is 0 Å². The number of hydrogen-bond donors (Lipinski definition) is 0. The van der Waals surface area contributed by atoms with Crippen molar-refractivity contribution in [1.82, 2.24) is 0 Å². The Balaban J connectivity index is 2.53. The molecule has 0 aromatic heterocycles. The molecule has 0 aliphatic heterocycles. The first kappa shape index (κ1) is 8.35. The summed E-state index contributed by atoms with van der Waals surface area (Å²) >= 11 is 0. The van der Waals surface area contributed by atoms with Crippen LogP contribution in [0.4, 0.5) is 8.78 Å². The number of fused-ring (bicyclic) bond motifs is 1. The van der Waals surface area contributed by atoms with Gasteiger partial charge in [0.25, 0.3) is 0 Å². The van der Waals surface area contributed by atoms with Crippen molar-refractivity contribution in [3.8, 4) is 0 Å². The zero-order chi connectivity index (χ0) is 9.42. The quantitative estimate of drug-likeness (QED) is 0.600. The number of carbonyl (C=O) groups excluding carboxylic acids is 1. The molecule has 0 amide bonds. The molecule has 1 aliphatic carbocycles. The molecule has 1 aliphatic rings. The summed E-state index contributed by atoms with van der Waals surface area (Å²) in [6, 6.07) is 2.12. The average molecular weight is 182 g/mol. The van der Waals surface area contributed by atoms with Crippen molar-refractivity contribution >= 4 is 5.78 Å². The fraction of sp³-hybridized carbons (Fsp3) is 0.300. The first-order valence-electron chi connectivity index (χ1n) is 4.15. The van der Waals surface area contributed by atoms with E-state index in [1.807, 2.05) is 0 Å². The number of hydrogen-bond acceptors (Lipinski definition) is 1. The Morgan fingerprint density at radius 2 is 1.92 bits per heavy atom. The molecule has 2 rings (SSSR count). The van der Waals surface area contributed by atoms with E-state index >= 15 is 0 Å². The monoisotopic (exact) mass is 182 g/mol. The smallest absolute Gasteiger partial charge is 0.137 e. The van der Waals surface area contributed by atoms with E-state index in [1.165, 1.54) is 6.07 Å². The average Bonchev–Trinajstić information content (AvgIpc) is 2.02. The molecule has 0 fully saturated rings. The highest BCUT2D eigenvalue weighted by atomic mass is 19.1. The third-order valence-corrected chi connectivity index (χ3v) is 2.29. The van der Waals surface area contributed by atoms with E-state index in [9.17, 15) is 13.6 Å². The van der Waals surface area contributed by atoms with E-state index < -0.39 is 11.6 Å². The molecule has 1 nitrogen and oxygen atoms in total. The van der Waals surface area contributed by atoms with Gasteiger partial charge in [-0.3, -0.25) is 4.79 Å². The third-order valence-electron chi connectivity index (χ3n) is 2.29. The van der Waals surface area contributed by atoms with Gasteiger partial charge in [0, 0.05) is 18.9 Å². The van der Waals surface area contributed by atoms with Gasteiger partial charge in [-0.1, -0.05) is 0 Å². The maximum Gasteiger partial charge on any atom is 0.137 e. The fourth-order valence-corrected chi connectivity index (χ4v) is 1.66. The minimum absolute atomic E-state index is 0.0532. The molecule has 0 radical (unpaired) electrons. The van der Waals surface area contributed by atoms with Gasteiger partial charge in [0.1, 0.15) is 17.4 Å². The highest BCUT2D eigenvalue weighted by Crippen LogP contribution is 2.23. The molecule has 0 atom stereocenters. The molecule has 1 aromatic carbocycles. The SMILES string of the molecule is O=C1CCc2c(F)cc(F)cc2C1. The standard InChI is InChI=1S/C10H8F2O/c11-7-3-6-4-8(13)1-2-9(6)10(12)5-7/h3,5H,1-2,4H2. The lowest BCUT2D eigenvalue weighted by Crippen LogP contribution is -2.15. The van der Waals surface area contributed by atoms with Crippen LogP contribution in [0.25, 0.3) is 0 Å². The van der Waals surface area contributed by atoms with Crippen molar-refractivity contribution in [2.45, 2.75) is 19.3 Å². The molecule has 0 N–H and O–H groups in total. The van der Waals surface area contributed by atoms with E-state index in [0.717, 1.165) is 6.07 Å². The number of carbonyl (C=O) groups is 1. The van der Waals surface area contributed by atoms with Gasteiger partial charge >= 0.3 is 0 Å². The molecule has 0 saturated carbocycles. The van der Waals surface area contributed by atoms with Gasteiger partial charge in [0.15, 0.2) is 0 Å². The van der Waals surface area contributed by atoms with E-state index in [4.69, 9.17) is 0 Å². The van der Waals surface area contributed by atoms with Crippen LogP contribution in [-0.4, -0.2) is 5.78 Å². The molecular weight excluding hydrogens is 174 g/mol. The number of benzene rings is 1. The lowest BCUT2D eigenvalue weighted by atomic mass is 9.90. The molecule has 0 bridgehead atoms. The molecule has 1 aromatic rings. The predicted octanol–water partition coefficient (Wildman–Crippen LogP) is 2.02. The summed E-state index contributed by atoms with van der Waals surface area (Å²) in [6.45, 7) is 0. The fourth-order valence-electron chi connectivity index (χ4n) is 1.66. The number of halogens is 2. The van der Waals surface area contributed by atoms with Crippen LogP contribution in [0.5, 0.6) is 0 Å². The van der Waals surface area contributed by atoms with Gasteiger partial charge in [0.05, 0.1) is 0 Å². The first-order chi connectivity index (χ1) is 6.16. The lowest BCUT2D eigenvalue weighted by molar-refractivity contribution is -0.118. The summed E-state index contributed by atoms with van der Waals surface area (Å²) in [5.41, 5.74) is 1.01. The Bertz CT molecular complexity index is 371. The van der Waals surface area contributed by atoms with Gasteiger partial charge in [-0.25, -0.2) is 8.78 Å². The van der Waals surface area contributed by atoms with Crippen LogP contribution in [0, 0.1) is 11.6 Å². The Kier molecular flexibility index (Phi) is 1.87. The van der Waals surface area contributed by atoms with Gasteiger partial charge < -0.3 is 0 Å². The minimum Gasteiger partial charge on any atom is -0.299 e. The Labute approximate surface area is 74.4 Å². The summed E-state index contributed by atoms with van der Waals surface area (Å²) in [4.78, 5) is 11.0. The van der Waals surface area contributed by atoms with E-state index in [2.05, 4.69) is 0 Å². The number of rotatable bonds is 0. The van der Waals surface area contributed by atoms with Crippen molar-refractivity contribution in [3.63, 3.8) is 0 Å². The van der Waals surface area contributed by atoms with E-state index in [-0.39, 0.29) is 12.2 Å². The second kappa shape index (κ2) is 2.91. The Morgan fingerprint density at radius 3 is 2.69 bits per heavy atom. The van der Waals surface area contributed by atoms with Crippen LogP contribution in [0.15, 0.2) is 12.1 Å². The highest BCUT2D eigenvalue weighted by molar-refractivity contribution is 5.83. The van der Waals surface area contributed by atoms with Crippen molar-refractivity contribution in [2.75, 3.05) is 0 Å². The molecule has 68 valence electrons. The topological polar surface area (TPSA) is 17.1 Å². The van der Waals surface area contributed by atoms with Gasteiger partial charge in [-0.05, 0) is 23.6 Å². The minimum atomic E-state index is -0.606. The summed E-state index contributed by atoms with van der Waals surface area (Å²) in [6.07, 6.45) is 0.944. The van der Waals surface area contributed by atoms with Crippen LogP contribution in [0.2, 0.25) is 0 Å². The van der Waals surface area contributed by atoms with Gasteiger partial charge in [-0.15, -0.1) is 0 Å². The normalized spacial score (nSPS) is 15.7. The van der Waals surface area contributed by atoms with E-state index in [0.29, 0.717) is 24.0 Å². The zero-order valence-electron chi connectivity index (χ0n) is 6.94.